The summed E-state index contributed by atoms with van der Waals surface area (Å²) in [5, 5.41) is 5.21. The average molecular weight is 482 g/mol. The van der Waals surface area contributed by atoms with Gasteiger partial charge in [-0.05, 0) is 49.4 Å². The Morgan fingerprint density at radius 1 is 1.12 bits per heavy atom. The average Bonchev–Trinajstić information content (AvgIpc) is 3.38. The van der Waals surface area contributed by atoms with E-state index in [0.717, 1.165) is 10.4 Å². The molecule has 1 aromatic carbocycles. The Bertz CT molecular complexity index is 1160. The molecule has 0 bridgehead atoms. The van der Waals surface area contributed by atoms with Crippen LogP contribution in [-0.2, 0) is 23.9 Å². The number of Topliss-reactive ketones (excluding diaryl/α,β-unsaturated/α-hetero) is 1. The van der Waals surface area contributed by atoms with Gasteiger partial charge in [0.25, 0.3) is 0 Å². The second-order valence-corrected chi connectivity index (χ2v) is 9.15. The number of rotatable bonds is 6. The Morgan fingerprint density at radius 2 is 1.85 bits per heavy atom. The van der Waals surface area contributed by atoms with Crippen LogP contribution in [0.4, 0.5) is 0 Å². The highest BCUT2D eigenvalue weighted by atomic mass is 32.1. The number of hydrogen-bond acceptors (Lipinski definition) is 8. The summed E-state index contributed by atoms with van der Waals surface area (Å²) in [6, 6.07) is 11.1. The van der Waals surface area contributed by atoms with Gasteiger partial charge in [-0.2, -0.15) is 0 Å². The van der Waals surface area contributed by atoms with E-state index in [-0.39, 0.29) is 11.7 Å². The summed E-state index contributed by atoms with van der Waals surface area (Å²) >= 11 is 1.51. The third-order valence-electron chi connectivity index (χ3n) is 6.31. The molecule has 8 heteroatoms. The van der Waals surface area contributed by atoms with Crippen LogP contribution in [0.15, 0.2) is 64.3 Å². The first kappa shape index (κ1) is 23.8. The number of ether oxygens (including phenoxy) is 3. The number of dihydropyridines is 1. The molecule has 0 saturated carbocycles. The van der Waals surface area contributed by atoms with Crippen molar-refractivity contribution in [3.05, 3.63) is 74.8 Å². The predicted octanol–water partition coefficient (Wildman–Crippen LogP) is 4.08. The molecule has 7 nitrogen and oxygen atoms in total. The number of methoxy groups -OCH3 is 2. The summed E-state index contributed by atoms with van der Waals surface area (Å²) in [5.41, 5.74) is 2.82. The lowest BCUT2D eigenvalue weighted by Gasteiger charge is -2.39. The lowest BCUT2D eigenvalue weighted by Crippen LogP contribution is -2.43. The molecule has 1 aliphatic carbocycles. The van der Waals surface area contributed by atoms with Gasteiger partial charge in [0.05, 0.1) is 26.4 Å². The maximum atomic E-state index is 14.0. The molecule has 0 fully saturated rings. The Labute approximate surface area is 202 Å². The second kappa shape index (κ2) is 9.85. The van der Waals surface area contributed by atoms with Crippen molar-refractivity contribution >= 4 is 29.1 Å². The number of hydrogen-bond donors (Lipinski definition) is 1. The van der Waals surface area contributed by atoms with E-state index in [1.54, 1.807) is 6.92 Å². The second-order valence-electron chi connectivity index (χ2n) is 8.17. The predicted molar refractivity (Wildman–Crippen MR) is 127 cm³/mol. The molecule has 2 aromatic rings. The molecular weight excluding hydrogens is 454 g/mol. The van der Waals surface area contributed by atoms with E-state index in [1.165, 1.54) is 25.6 Å². The van der Waals surface area contributed by atoms with Crippen molar-refractivity contribution in [3.63, 3.8) is 0 Å². The summed E-state index contributed by atoms with van der Waals surface area (Å²) < 4.78 is 15.7. The molecule has 34 heavy (non-hydrogen) atoms. The molecule has 1 aliphatic heterocycles. The maximum absolute atomic E-state index is 14.0. The molecule has 0 radical (unpaired) electrons. The van der Waals surface area contributed by atoms with Gasteiger partial charge >= 0.3 is 11.9 Å². The fourth-order valence-corrected chi connectivity index (χ4v) is 5.70. The molecule has 0 amide bonds. The van der Waals surface area contributed by atoms with Crippen molar-refractivity contribution in [1.29, 1.82) is 0 Å². The van der Waals surface area contributed by atoms with Crippen LogP contribution in [0.3, 0.4) is 0 Å². The van der Waals surface area contributed by atoms with Gasteiger partial charge in [0.1, 0.15) is 11.7 Å². The van der Waals surface area contributed by atoms with E-state index in [4.69, 9.17) is 14.2 Å². The molecule has 3 atom stereocenters. The molecule has 0 unspecified atom stereocenters. The van der Waals surface area contributed by atoms with E-state index < -0.39 is 23.8 Å². The molecule has 0 spiro atoms. The number of thiophene rings is 1. The van der Waals surface area contributed by atoms with Crippen LogP contribution in [0, 0.1) is 5.92 Å². The van der Waals surface area contributed by atoms with Crippen molar-refractivity contribution in [3.8, 4) is 5.75 Å². The minimum Gasteiger partial charge on any atom is -0.494 e. The first-order valence-electron chi connectivity index (χ1n) is 11.1. The van der Waals surface area contributed by atoms with Gasteiger partial charge in [0.2, 0.25) is 0 Å². The van der Waals surface area contributed by atoms with Gasteiger partial charge in [0, 0.05) is 33.7 Å². The van der Waals surface area contributed by atoms with E-state index in [0.29, 0.717) is 41.3 Å². The third-order valence-corrected chi connectivity index (χ3v) is 7.32. The van der Waals surface area contributed by atoms with Gasteiger partial charge in [-0.1, -0.05) is 18.2 Å². The summed E-state index contributed by atoms with van der Waals surface area (Å²) in [6.07, 6.45) is 0.445. The van der Waals surface area contributed by atoms with Crippen molar-refractivity contribution in [2.24, 2.45) is 5.92 Å². The zero-order valence-corrected chi connectivity index (χ0v) is 20.4. The SMILES string of the molecule is CCOc1ccc([C@@H]2C(C(=O)OC)=C(C)NC3=C2C(=O)[C@@H](C(=O)OC)[C@H](c2cccs2)C3)cc1. The van der Waals surface area contributed by atoms with Gasteiger partial charge in [0.15, 0.2) is 5.78 Å². The lowest BCUT2D eigenvalue weighted by molar-refractivity contribution is -0.149. The Kier molecular flexibility index (Phi) is 6.88. The fraction of sp³-hybridized carbons (Fsp3) is 0.346. The highest BCUT2D eigenvalue weighted by molar-refractivity contribution is 7.10. The summed E-state index contributed by atoms with van der Waals surface area (Å²) in [6.45, 7) is 4.23. The standard InChI is InChI=1S/C26H27NO6S/c1-5-33-16-10-8-15(9-11-16)21-20(25(29)31-3)14(2)27-18-13-17(19-7-6-12-34-19)22(26(30)32-4)24(28)23(18)21/h6-12,17,21-22,27H,5,13H2,1-4H3/t17-,21+,22-/m0/s1. The van der Waals surface area contributed by atoms with Crippen molar-refractivity contribution in [2.45, 2.75) is 32.1 Å². The Hall–Kier alpha value is -3.39. The van der Waals surface area contributed by atoms with Gasteiger partial charge in [-0.3, -0.25) is 9.59 Å². The van der Waals surface area contributed by atoms with E-state index in [9.17, 15) is 14.4 Å². The first-order valence-corrected chi connectivity index (χ1v) is 12.0. The lowest BCUT2D eigenvalue weighted by atomic mass is 9.68. The van der Waals surface area contributed by atoms with E-state index in [2.05, 4.69) is 5.32 Å². The maximum Gasteiger partial charge on any atom is 0.336 e. The monoisotopic (exact) mass is 481 g/mol. The van der Waals surface area contributed by atoms with Crippen LogP contribution in [0.5, 0.6) is 5.75 Å². The van der Waals surface area contributed by atoms with Crippen molar-refractivity contribution < 1.29 is 28.6 Å². The number of ketones is 1. The number of carbonyl (C=O) groups is 3. The molecule has 0 saturated heterocycles. The number of carbonyl (C=O) groups excluding carboxylic acids is 3. The van der Waals surface area contributed by atoms with Crippen molar-refractivity contribution in [1.82, 2.24) is 5.32 Å². The van der Waals surface area contributed by atoms with Crippen LogP contribution in [0.2, 0.25) is 0 Å². The summed E-state index contributed by atoms with van der Waals surface area (Å²) in [5.74, 6) is -2.78. The Balaban J connectivity index is 1.87. The molecule has 1 aromatic heterocycles. The number of nitrogens with one attached hydrogen (secondary N) is 1. The van der Waals surface area contributed by atoms with E-state index >= 15 is 0 Å². The molecule has 178 valence electrons. The van der Waals surface area contributed by atoms with Crippen molar-refractivity contribution in [2.75, 3.05) is 20.8 Å². The van der Waals surface area contributed by atoms with Gasteiger partial charge < -0.3 is 19.5 Å². The number of esters is 2. The van der Waals surface area contributed by atoms with Gasteiger partial charge in [-0.15, -0.1) is 11.3 Å². The highest BCUT2D eigenvalue weighted by Gasteiger charge is 2.49. The van der Waals surface area contributed by atoms with Gasteiger partial charge in [-0.25, -0.2) is 4.79 Å². The smallest absolute Gasteiger partial charge is 0.336 e. The molecular formula is C26H27NO6S. The normalized spacial score (nSPS) is 22.1. The van der Waals surface area contributed by atoms with Crippen LogP contribution in [0.25, 0.3) is 0 Å². The number of allylic oxidation sites excluding steroid dienone is 3. The zero-order chi connectivity index (χ0) is 24.4. The third kappa shape index (κ3) is 4.14. The minimum atomic E-state index is -0.994. The van der Waals surface area contributed by atoms with Crippen LogP contribution in [0.1, 0.15) is 42.5 Å². The van der Waals surface area contributed by atoms with Crippen LogP contribution < -0.4 is 10.1 Å². The molecule has 2 heterocycles. The van der Waals surface area contributed by atoms with Crippen LogP contribution >= 0.6 is 11.3 Å². The first-order chi connectivity index (χ1) is 16.4. The summed E-state index contributed by atoms with van der Waals surface area (Å²) in [7, 11) is 2.60. The Morgan fingerprint density at radius 3 is 2.44 bits per heavy atom. The number of benzene rings is 1. The minimum absolute atomic E-state index is 0.341. The quantitative estimate of drug-likeness (QED) is 0.491. The van der Waals surface area contributed by atoms with E-state index in [1.807, 2.05) is 48.7 Å². The zero-order valence-electron chi connectivity index (χ0n) is 19.5. The molecule has 4 rings (SSSR count). The van der Waals surface area contributed by atoms with Crippen LogP contribution in [-0.4, -0.2) is 38.5 Å². The highest BCUT2D eigenvalue weighted by Crippen LogP contribution is 2.48. The molecule has 2 aliphatic rings. The molecule has 1 N–H and O–H groups in total. The fourth-order valence-electron chi connectivity index (χ4n) is 4.84. The summed E-state index contributed by atoms with van der Waals surface area (Å²) in [4.78, 5) is 40.6. The topological polar surface area (TPSA) is 90.9 Å². The largest absolute Gasteiger partial charge is 0.494 e.